The van der Waals surface area contributed by atoms with Gasteiger partial charge in [0.1, 0.15) is 10.4 Å². The highest BCUT2D eigenvalue weighted by Gasteiger charge is 1.94. The van der Waals surface area contributed by atoms with E-state index in [0.29, 0.717) is 5.82 Å². The maximum Gasteiger partial charge on any atom is 0.125 e. The van der Waals surface area contributed by atoms with Crippen LogP contribution in [0.2, 0.25) is 0 Å². The predicted molar refractivity (Wildman–Crippen MR) is 48.1 cm³/mol. The standard InChI is InChI=1S/C6H7BrN2S/c1-10-4-2-5(7)9-6(8)3-4/h2-3H,1H3,(H2,8,9). The molecule has 2 nitrogen and oxygen atoms in total. The summed E-state index contributed by atoms with van der Waals surface area (Å²) in [5.74, 6) is 0.554. The number of thioether (sulfide) groups is 1. The number of nitrogens with zero attached hydrogens (tertiary/aromatic N) is 1. The van der Waals surface area contributed by atoms with Gasteiger partial charge in [-0.3, -0.25) is 0 Å². The van der Waals surface area contributed by atoms with Gasteiger partial charge in [-0.05, 0) is 34.3 Å². The van der Waals surface area contributed by atoms with Crippen molar-refractivity contribution in [2.24, 2.45) is 0 Å². The summed E-state index contributed by atoms with van der Waals surface area (Å²) >= 11 is 4.90. The van der Waals surface area contributed by atoms with E-state index >= 15 is 0 Å². The number of rotatable bonds is 1. The maximum absolute atomic E-state index is 5.48. The van der Waals surface area contributed by atoms with Gasteiger partial charge in [-0.25, -0.2) is 4.98 Å². The lowest BCUT2D eigenvalue weighted by atomic mass is 10.5. The number of anilines is 1. The summed E-state index contributed by atoms with van der Waals surface area (Å²) in [5.41, 5.74) is 5.48. The van der Waals surface area contributed by atoms with Crippen molar-refractivity contribution in [1.29, 1.82) is 0 Å². The SMILES string of the molecule is CSc1cc(N)nc(Br)c1. The molecule has 0 saturated carbocycles. The summed E-state index contributed by atoms with van der Waals surface area (Å²) < 4.78 is 0.789. The third-order valence-electron chi connectivity index (χ3n) is 1.02. The van der Waals surface area contributed by atoms with Crippen molar-refractivity contribution in [3.8, 4) is 0 Å². The van der Waals surface area contributed by atoms with E-state index in [1.807, 2.05) is 18.4 Å². The van der Waals surface area contributed by atoms with E-state index in [0.717, 1.165) is 9.50 Å². The molecule has 0 aromatic carbocycles. The second-order valence-electron chi connectivity index (χ2n) is 1.75. The van der Waals surface area contributed by atoms with E-state index in [-0.39, 0.29) is 0 Å². The Kier molecular flexibility index (Phi) is 2.56. The third-order valence-corrected chi connectivity index (χ3v) is 2.14. The highest BCUT2D eigenvalue weighted by molar-refractivity contribution is 9.10. The average Bonchev–Trinajstić information content (AvgIpc) is 1.85. The molecule has 54 valence electrons. The summed E-state index contributed by atoms with van der Waals surface area (Å²) in [4.78, 5) is 5.09. The molecular weight excluding hydrogens is 212 g/mol. The van der Waals surface area contributed by atoms with Crippen molar-refractivity contribution in [2.75, 3.05) is 12.0 Å². The minimum Gasteiger partial charge on any atom is -0.384 e. The molecule has 0 bridgehead atoms. The zero-order valence-corrected chi connectivity index (χ0v) is 7.87. The van der Waals surface area contributed by atoms with Crippen molar-refractivity contribution in [1.82, 2.24) is 4.98 Å². The summed E-state index contributed by atoms with van der Waals surface area (Å²) in [5, 5.41) is 0. The maximum atomic E-state index is 5.48. The topological polar surface area (TPSA) is 38.9 Å². The van der Waals surface area contributed by atoms with Gasteiger partial charge in [0.05, 0.1) is 0 Å². The van der Waals surface area contributed by atoms with Crippen LogP contribution in [0.25, 0.3) is 0 Å². The predicted octanol–water partition coefficient (Wildman–Crippen LogP) is 2.15. The monoisotopic (exact) mass is 218 g/mol. The van der Waals surface area contributed by atoms with Gasteiger partial charge in [0.15, 0.2) is 0 Å². The van der Waals surface area contributed by atoms with Gasteiger partial charge in [0.2, 0.25) is 0 Å². The molecule has 0 radical (unpaired) electrons. The highest BCUT2D eigenvalue weighted by Crippen LogP contribution is 2.20. The molecule has 0 fully saturated rings. The van der Waals surface area contributed by atoms with Crippen molar-refractivity contribution < 1.29 is 0 Å². The first-order valence-corrected chi connectivity index (χ1v) is 4.71. The van der Waals surface area contributed by atoms with Gasteiger partial charge in [0, 0.05) is 4.90 Å². The van der Waals surface area contributed by atoms with Crippen LogP contribution < -0.4 is 5.73 Å². The van der Waals surface area contributed by atoms with Crippen molar-refractivity contribution >= 4 is 33.5 Å². The first kappa shape index (κ1) is 7.88. The Hall–Kier alpha value is -0.220. The van der Waals surface area contributed by atoms with E-state index in [1.54, 1.807) is 11.8 Å². The molecular formula is C6H7BrN2S. The Labute approximate surface area is 72.3 Å². The van der Waals surface area contributed by atoms with E-state index < -0.39 is 0 Å². The molecule has 1 rings (SSSR count). The van der Waals surface area contributed by atoms with Crippen molar-refractivity contribution in [3.63, 3.8) is 0 Å². The average molecular weight is 219 g/mol. The smallest absolute Gasteiger partial charge is 0.125 e. The zero-order chi connectivity index (χ0) is 7.56. The number of aromatic nitrogens is 1. The molecule has 2 N–H and O–H groups in total. The third kappa shape index (κ3) is 1.88. The molecule has 0 aliphatic rings. The fourth-order valence-corrected chi connectivity index (χ4v) is 1.68. The van der Waals surface area contributed by atoms with Gasteiger partial charge >= 0.3 is 0 Å². The highest BCUT2D eigenvalue weighted by atomic mass is 79.9. The molecule has 0 spiro atoms. The van der Waals surface area contributed by atoms with Crippen molar-refractivity contribution in [2.45, 2.75) is 4.90 Å². The lowest BCUT2D eigenvalue weighted by molar-refractivity contribution is 1.23. The van der Waals surface area contributed by atoms with E-state index in [9.17, 15) is 0 Å². The quantitative estimate of drug-likeness (QED) is 0.581. The van der Waals surface area contributed by atoms with Crippen LogP contribution in [0.15, 0.2) is 21.6 Å². The molecule has 1 heterocycles. The molecule has 0 aliphatic carbocycles. The fraction of sp³-hybridized carbons (Fsp3) is 0.167. The molecule has 0 aliphatic heterocycles. The number of hydrogen-bond acceptors (Lipinski definition) is 3. The molecule has 0 unspecified atom stereocenters. The van der Waals surface area contributed by atoms with Crippen LogP contribution in [0.3, 0.4) is 0 Å². The van der Waals surface area contributed by atoms with Crippen LogP contribution in [-0.4, -0.2) is 11.2 Å². The molecule has 0 amide bonds. The van der Waals surface area contributed by atoms with E-state index in [1.165, 1.54) is 0 Å². The van der Waals surface area contributed by atoms with Crippen molar-refractivity contribution in [3.05, 3.63) is 16.7 Å². The Balaban J connectivity index is 3.06. The molecule has 1 aromatic heterocycles. The number of nitrogen functional groups attached to an aromatic ring is 1. The van der Waals surface area contributed by atoms with Crippen LogP contribution in [0.5, 0.6) is 0 Å². The summed E-state index contributed by atoms with van der Waals surface area (Å²) in [6.07, 6.45) is 2.00. The van der Waals surface area contributed by atoms with Gasteiger partial charge in [-0.1, -0.05) is 0 Å². The van der Waals surface area contributed by atoms with Crippen LogP contribution in [0.1, 0.15) is 0 Å². The number of hydrogen-bond donors (Lipinski definition) is 1. The number of nitrogens with two attached hydrogens (primary N) is 1. The van der Waals surface area contributed by atoms with Crippen LogP contribution >= 0.6 is 27.7 Å². The van der Waals surface area contributed by atoms with Crippen LogP contribution in [-0.2, 0) is 0 Å². The molecule has 10 heavy (non-hydrogen) atoms. The summed E-state index contributed by atoms with van der Waals surface area (Å²) in [7, 11) is 0. The number of halogens is 1. The summed E-state index contributed by atoms with van der Waals surface area (Å²) in [6, 6.07) is 3.77. The van der Waals surface area contributed by atoms with Crippen LogP contribution in [0.4, 0.5) is 5.82 Å². The van der Waals surface area contributed by atoms with E-state index in [2.05, 4.69) is 20.9 Å². The lowest BCUT2D eigenvalue weighted by Gasteiger charge is -1.97. The second-order valence-corrected chi connectivity index (χ2v) is 3.45. The Morgan fingerprint density at radius 1 is 1.60 bits per heavy atom. The minimum absolute atomic E-state index is 0.554. The lowest BCUT2D eigenvalue weighted by Crippen LogP contribution is -1.89. The Morgan fingerprint density at radius 2 is 2.30 bits per heavy atom. The molecule has 0 atom stereocenters. The van der Waals surface area contributed by atoms with E-state index in [4.69, 9.17) is 5.73 Å². The fourth-order valence-electron chi connectivity index (χ4n) is 0.611. The first-order chi connectivity index (χ1) is 4.72. The summed E-state index contributed by atoms with van der Waals surface area (Å²) in [6.45, 7) is 0. The normalized spacial score (nSPS) is 9.80. The zero-order valence-electron chi connectivity index (χ0n) is 5.47. The Morgan fingerprint density at radius 3 is 2.80 bits per heavy atom. The molecule has 4 heteroatoms. The molecule has 1 aromatic rings. The van der Waals surface area contributed by atoms with Gasteiger partial charge in [-0.15, -0.1) is 11.8 Å². The first-order valence-electron chi connectivity index (χ1n) is 2.69. The second kappa shape index (κ2) is 3.25. The minimum atomic E-state index is 0.554. The van der Waals surface area contributed by atoms with Crippen LogP contribution in [0, 0.1) is 0 Å². The molecule has 0 saturated heterocycles. The van der Waals surface area contributed by atoms with Gasteiger partial charge in [0.25, 0.3) is 0 Å². The largest absolute Gasteiger partial charge is 0.384 e. The van der Waals surface area contributed by atoms with Gasteiger partial charge < -0.3 is 5.73 Å². The Bertz CT molecular complexity index is 219. The number of pyridine rings is 1. The van der Waals surface area contributed by atoms with Gasteiger partial charge in [-0.2, -0.15) is 0 Å².